The van der Waals surface area contributed by atoms with Crippen molar-refractivity contribution in [2.45, 2.75) is 31.6 Å². The van der Waals surface area contributed by atoms with Crippen LogP contribution in [-0.2, 0) is 0 Å². The van der Waals surface area contributed by atoms with E-state index in [9.17, 15) is 4.39 Å². The third-order valence-corrected chi connectivity index (χ3v) is 4.46. The summed E-state index contributed by atoms with van der Waals surface area (Å²) < 4.78 is 13.5. The lowest BCUT2D eigenvalue weighted by atomic mass is 9.82. The van der Waals surface area contributed by atoms with Gasteiger partial charge in [-0.25, -0.2) is 4.39 Å². The van der Waals surface area contributed by atoms with Gasteiger partial charge in [-0.2, -0.15) is 0 Å². The summed E-state index contributed by atoms with van der Waals surface area (Å²) in [5, 5.41) is 3.68. The van der Waals surface area contributed by atoms with Gasteiger partial charge in [-0.05, 0) is 63.5 Å². The lowest BCUT2D eigenvalue weighted by Crippen LogP contribution is -2.23. The molecule has 21 heavy (non-hydrogen) atoms. The number of benzene rings is 1. The van der Waals surface area contributed by atoms with Crippen LogP contribution >= 0.6 is 11.6 Å². The van der Waals surface area contributed by atoms with Crippen molar-refractivity contribution in [2.75, 3.05) is 27.2 Å². The quantitative estimate of drug-likeness (QED) is 0.821. The second-order valence-corrected chi connectivity index (χ2v) is 6.36. The van der Waals surface area contributed by atoms with E-state index in [0.29, 0.717) is 10.9 Å². The number of allylic oxidation sites excluding steroid dienone is 1. The number of likely N-dealkylation sites (N-methyl/N-ethyl adjacent to an activating group) is 1. The topological polar surface area (TPSA) is 15.3 Å². The Kier molecular flexibility index (Phi) is 6.07. The molecule has 1 aromatic carbocycles. The van der Waals surface area contributed by atoms with E-state index in [1.54, 1.807) is 6.07 Å². The highest BCUT2D eigenvalue weighted by atomic mass is 35.5. The summed E-state index contributed by atoms with van der Waals surface area (Å²) in [5.74, 6) is 0.0768. The van der Waals surface area contributed by atoms with Crippen LogP contribution in [0.1, 0.15) is 37.2 Å². The zero-order valence-electron chi connectivity index (χ0n) is 12.8. The molecule has 0 bridgehead atoms. The summed E-state index contributed by atoms with van der Waals surface area (Å²) in [6, 6.07) is 5.14. The summed E-state index contributed by atoms with van der Waals surface area (Å²) in [7, 11) is 4.14. The van der Waals surface area contributed by atoms with Gasteiger partial charge in [0.15, 0.2) is 0 Å². The van der Waals surface area contributed by atoms with Gasteiger partial charge in [0.2, 0.25) is 0 Å². The van der Waals surface area contributed by atoms with E-state index in [1.165, 1.54) is 11.6 Å². The summed E-state index contributed by atoms with van der Waals surface area (Å²) in [6.45, 7) is 2.00. The van der Waals surface area contributed by atoms with Crippen LogP contribution in [-0.4, -0.2) is 32.1 Å². The Morgan fingerprint density at radius 2 is 2.05 bits per heavy atom. The molecule has 1 aliphatic carbocycles. The Hall–Kier alpha value is -1.06. The number of halogens is 2. The fourth-order valence-electron chi connectivity index (χ4n) is 2.78. The Balaban J connectivity index is 1.85. The van der Waals surface area contributed by atoms with Gasteiger partial charge < -0.3 is 10.2 Å². The minimum atomic E-state index is -0.305. The normalized spacial score (nSPS) is 18.9. The minimum Gasteiger partial charge on any atom is -0.390 e. The molecular weight excluding hydrogens is 287 g/mol. The average Bonchev–Trinajstić information content (AvgIpc) is 2.47. The molecule has 0 saturated heterocycles. The molecule has 4 heteroatoms. The van der Waals surface area contributed by atoms with Crippen LogP contribution in [0.15, 0.2) is 30.0 Å². The highest BCUT2D eigenvalue weighted by Gasteiger charge is 2.21. The summed E-state index contributed by atoms with van der Waals surface area (Å²) in [6.07, 6.45) is 6.38. The molecule has 0 amide bonds. The fraction of sp³-hybridized carbons (Fsp3) is 0.529. The van der Waals surface area contributed by atoms with Crippen LogP contribution in [0.2, 0.25) is 5.02 Å². The van der Waals surface area contributed by atoms with E-state index in [-0.39, 0.29) is 5.82 Å². The number of hydrogen-bond donors (Lipinski definition) is 1. The predicted octanol–water partition coefficient (Wildman–Crippen LogP) is 4.17. The van der Waals surface area contributed by atoms with Crippen molar-refractivity contribution in [1.82, 2.24) is 10.2 Å². The van der Waals surface area contributed by atoms with E-state index in [0.717, 1.165) is 44.3 Å². The van der Waals surface area contributed by atoms with Gasteiger partial charge in [0.25, 0.3) is 0 Å². The van der Waals surface area contributed by atoms with Gasteiger partial charge in [-0.3, -0.25) is 0 Å². The molecule has 1 aromatic rings. The minimum absolute atomic E-state index is 0.305. The summed E-state index contributed by atoms with van der Waals surface area (Å²) in [5.41, 5.74) is 2.42. The van der Waals surface area contributed by atoms with E-state index in [2.05, 4.69) is 30.5 Å². The highest BCUT2D eigenvalue weighted by molar-refractivity contribution is 6.31. The molecule has 116 valence electrons. The molecular formula is C17H24ClFN2. The molecule has 0 unspecified atom stereocenters. The number of hydrogen-bond acceptors (Lipinski definition) is 2. The molecule has 0 atom stereocenters. The zero-order chi connectivity index (χ0) is 15.2. The van der Waals surface area contributed by atoms with Crippen LogP contribution in [0.25, 0.3) is 0 Å². The monoisotopic (exact) mass is 310 g/mol. The summed E-state index contributed by atoms with van der Waals surface area (Å²) >= 11 is 6.09. The molecule has 0 aromatic heterocycles. The molecule has 1 aliphatic rings. The van der Waals surface area contributed by atoms with Crippen molar-refractivity contribution >= 4 is 11.6 Å². The van der Waals surface area contributed by atoms with Gasteiger partial charge in [0.1, 0.15) is 5.82 Å². The van der Waals surface area contributed by atoms with E-state index in [1.807, 2.05) is 6.07 Å². The number of rotatable bonds is 5. The smallest absolute Gasteiger partial charge is 0.142 e. The van der Waals surface area contributed by atoms with Crippen molar-refractivity contribution in [3.63, 3.8) is 0 Å². The maximum absolute atomic E-state index is 13.5. The Morgan fingerprint density at radius 3 is 2.71 bits per heavy atom. The van der Waals surface area contributed by atoms with Crippen LogP contribution in [0.5, 0.6) is 0 Å². The van der Waals surface area contributed by atoms with E-state index in [4.69, 9.17) is 11.6 Å². The van der Waals surface area contributed by atoms with Crippen molar-refractivity contribution in [2.24, 2.45) is 0 Å². The van der Waals surface area contributed by atoms with Gasteiger partial charge in [0, 0.05) is 13.1 Å². The second-order valence-electron chi connectivity index (χ2n) is 5.98. The van der Waals surface area contributed by atoms with Crippen LogP contribution in [0.3, 0.4) is 0 Å². The lowest BCUT2D eigenvalue weighted by Gasteiger charge is -2.25. The SMILES string of the molecule is CN(C)CCNC=C1CCC(c2cccc(F)c2Cl)CC1. The Morgan fingerprint density at radius 1 is 1.33 bits per heavy atom. The third-order valence-electron chi connectivity index (χ3n) is 4.06. The van der Waals surface area contributed by atoms with Gasteiger partial charge in [-0.15, -0.1) is 0 Å². The van der Waals surface area contributed by atoms with Crippen LogP contribution in [0.4, 0.5) is 4.39 Å². The molecule has 1 fully saturated rings. The second kappa shape index (κ2) is 7.81. The standard InChI is InChI=1S/C17H24ClFN2/c1-21(2)11-10-20-12-13-6-8-14(9-7-13)15-4-3-5-16(19)17(15)18/h3-5,12,14,20H,6-11H2,1-2H3. The number of nitrogens with one attached hydrogen (secondary N) is 1. The highest BCUT2D eigenvalue weighted by Crippen LogP contribution is 2.38. The van der Waals surface area contributed by atoms with Crippen LogP contribution in [0, 0.1) is 5.82 Å². The van der Waals surface area contributed by atoms with Crippen molar-refractivity contribution < 1.29 is 4.39 Å². The van der Waals surface area contributed by atoms with Crippen molar-refractivity contribution in [1.29, 1.82) is 0 Å². The fourth-order valence-corrected chi connectivity index (χ4v) is 3.06. The lowest BCUT2D eigenvalue weighted by molar-refractivity contribution is 0.409. The molecule has 0 radical (unpaired) electrons. The molecule has 0 aliphatic heterocycles. The third kappa shape index (κ3) is 4.72. The van der Waals surface area contributed by atoms with Crippen molar-refractivity contribution in [3.05, 3.63) is 46.4 Å². The molecule has 0 spiro atoms. The first kappa shape index (κ1) is 16.3. The van der Waals surface area contributed by atoms with E-state index >= 15 is 0 Å². The molecule has 0 heterocycles. The molecule has 2 rings (SSSR count). The van der Waals surface area contributed by atoms with Crippen molar-refractivity contribution in [3.8, 4) is 0 Å². The average molecular weight is 311 g/mol. The molecule has 1 N–H and O–H groups in total. The maximum atomic E-state index is 13.5. The van der Waals surface area contributed by atoms with E-state index < -0.39 is 0 Å². The van der Waals surface area contributed by atoms with Crippen LogP contribution < -0.4 is 5.32 Å². The molecule has 1 saturated carbocycles. The first-order valence-corrected chi connectivity index (χ1v) is 7.95. The zero-order valence-corrected chi connectivity index (χ0v) is 13.6. The van der Waals surface area contributed by atoms with Gasteiger partial charge in [-0.1, -0.05) is 29.3 Å². The largest absolute Gasteiger partial charge is 0.390 e. The summed E-state index contributed by atoms with van der Waals surface area (Å²) in [4.78, 5) is 2.16. The van der Waals surface area contributed by atoms with Gasteiger partial charge >= 0.3 is 0 Å². The van der Waals surface area contributed by atoms with Gasteiger partial charge in [0.05, 0.1) is 5.02 Å². The first-order chi connectivity index (χ1) is 10.1. The Bertz CT molecular complexity index is 490. The molecule has 2 nitrogen and oxygen atoms in total. The number of nitrogens with zero attached hydrogens (tertiary/aromatic N) is 1. The maximum Gasteiger partial charge on any atom is 0.142 e. The first-order valence-electron chi connectivity index (χ1n) is 7.58. The predicted molar refractivity (Wildman–Crippen MR) is 87.3 cm³/mol. The Labute approximate surface area is 132 Å².